The summed E-state index contributed by atoms with van der Waals surface area (Å²) in [5.74, 6) is -1.95. The van der Waals surface area contributed by atoms with Crippen LogP contribution in [0.15, 0.2) is 12.1 Å². The number of aryl methyl sites for hydroxylation is 1. The third kappa shape index (κ3) is 3.10. The maximum Gasteiger partial charge on any atom is 0.191 e. The zero-order valence-corrected chi connectivity index (χ0v) is 9.35. The van der Waals surface area contributed by atoms with Gasteiger partial charge >= 0.3 is 0 Å². The number of hydrogen-bond donors (Lipinski definition) is 0. The maximum atomic E-state index is 13.3. The van der Waals surface area contributed by atoms with Crippen LogP contribution in [0.25, 0.3) is 0 Å². The molecule has 2 nitrogen and oxygen atoms in total. The van der Waals surface area contributed by atoms with Gasteiger partial charge in [-0.2, -0.15) is 0 Å². The number of Topliss-reactive ketones (excluding diaryl/α,β-unsaturated/α-hetero) is 1. The number of ketones is 1. The molecule has 1 aromatic carbocycles. The van der Waals surface area contributed by atoms with E-state index >= 15 is 0 Å². The number of hydrogen-bond acceptors (Lipinski definition) is 2. The average Bonchev–Trinajstić information content (AvgIpc) is 2.23. The van der Waals surface area contributed by atoms with Crippen LogP contribution in [0.2, 0.25) is 0 Å². The third-order valence-corrected chi connectivity index (χ3v) is 2.13. The van der Waals surface area contributed by atoms with Crippen LogP contribution in [0.1, 0.15) is 29.3 Å². The van der Waals surface area contributed by atoms with Gasteiger partial charge in [0.15, 0.2) is 5.78 Å². The number of carbonyl (C=O) groups is 1. The second-order valence-electron chi connectivity index (χ2n) is 3.56. The molecule has 16 heavy (non-hydrogen) atoms. The zero-order chi connectivity index (χ0) is 12.1. The predicted octanol–water partition coefficient (Wildman–Crippen LogP) is 2.88. The summed E-state index contributed by atoms with van der Waals surface area (Å²) in [6.07, 6.45) is 0.790. The Kier molecular flexibility index (Phi) is 4.55. The molecule has 0 aliphatic carbocycles. The molecule has 0 unspecified atom stereocenters. The molecule has 0 heterocycles. The molecule has 88 valence electrons. The largest absolute Gasteiger partial charge is 0.373 e. The summed E-state index contributed by atoms with van der Waals surface area (Å²) in [4.78, 5) is 11.5. The monoisotopic (exact) mass is 228 g/mol. The minimum atomic E-state index is -0.840. The zero-order valence-electron chi connectivity index (χ0n) is 9.35. The highest BCUT2D eigenvalue weighted by Gasteiger charge is 2.14. The summed E-state index contributed by atoms with van der Waals surface area (Å²) in [6, 6.07) is 1.94. The minimum absolute atomic E-state index is 0.116. The first kappa shape index (κ1) is 12.8. The summed E-state index contributed by atoms with van der Waals surface area (Å²) < 4.78 is 31.2. The number of carbonyl (C=O) groups excluding carboxylic acids is 1. The molecule has 0 aliphatic rings. The van der Waals surface area contributed by atoms with Crippen LogP contribution in [-0.2, 0) is 4.74 Å². The molecule has 1 rings (SSSR count). The molecule has 0 atom stereocenters. The molecule has 0 fully saturated rings. The van der Waals surface area contributed by atoms with E-state index in [1.54, 1.807) is 0 Å². The van der Waals surface area contributed by atoms with Crippen molar-refractivity contribution in [3.05, 3.63) is 34.9 Å². The van der Waals surface area contributed by atoms with Crippen molar-refractivity contribution < 1.29 is 18.3 Å². The van der Waals surface area contributed by atoms with E-state index in [2.05, 4.69) is 0 Å². The van der Waals surface area contributed by atoms with E-state index in [0.717, 1.165) is 12.5 Å². The summed E-state index contributed by atoms with van der Waals surface area (Å²) in [5.41, 5.74) is 0.134. The van der Waals surface area contributed by atoms with Gasteiger partial charge in [-0.1, -0.05) is 6.92 Å². The highest BCUT2D eigenvalue weighted by atomic mass is 19.1. The molecule has 0 spiro atoms. The predicted molar refractivity (Wildman–Crippen MR) is 56.5 cm³/mol. The Morgan fingerprint density at radius 2 is 2.00 bits per heavy atom. The Balaban J connectivity index is 2.79. The lowest BCUT2D eigenvalue weighted by molar-refractivity contribution is 0.0757. The lowest BCUT2D eigenvalue weighted by Gasteiger charge is -2.05. The van der Waals surface area contributed by atoms with Gasteiger partial charge in [-0.15, -0.1) is 0 Å². The van der Waals surface area contributed by atoms with Gasteiger partial charge in [0, 0.05) is 12.7 Å². The lowest BCUT2D eigenvalue weighted by Crippen LogP contribution is -2.12. The van der Waals surface area contributed by atoms with Crippen molar-refractivity contribution in [3.8, 4) is 0 Å². The topological polar surface area (TPSA) is 26.3 Å². The van der Waals surface area contributed by atoms with Crippen LogP contribution < -0.4 is 0 Å². The van der Waals surface area contributed by atoms with Crippen molar-refractivity contribution in [1.82, 2.24) is 0 Å². The Hall–Kier alpha value is -1.29. The molecule has 0 N–H and O–H groups in total. The SMILES string of the molecule is CCCOCC(=O)c1cc(C)c(F)cc1F. The molecule has 0 bridgehead atoms. The second kappa shape index (κ2) is 5.70. The van der Waals surface area contributed by atoms with Gasteiger partial charge in [-0.3, -0.25) is 4.79 Å². The molecule has 0 radical (unpaired) electrons. The number of ether oxygens (including phenoxy) is 1. The highest BCUT2D eigenvalue weighted by molar-refractivity contribution is 5.97. The fourth-order valence-electron chi connectivity index (χ4n) is 1.26. The van der Waals surface area contributed by atoms with Gasteiger partial charge in [-0.05, 0) is 25.0 Å². The van der Waals surface area contributed by atoms with Crippen molar-refractivity contribution in [2.75, 3.05) is 13.2 Å². The van der Waals surface area contributed by atoms with E-state index in [9.17, 15) is 13.6 Å². The van der Waals surface area contributed by atoms with E-state index in [-0.39, 0.29) is 17.7 Å². The number of benzene rings is 1. The van der Waals surface area contributed by atoms with Crippen molar-refractivity contribution in [2.24, 2.45) is 0 Å². The molecule has 0 aliphatic heterocycles. The van der Waals surface area contributed by atoms with Gasteiger partial charge in [0.1, 0.15) is 18.2 Å². The average molecular weight is 228 g/mol. The van der Waals surface area contributed by atoms with Crippen molar-refractivity contribution in [3.63, 3.8) is 0 Å². The molecule has 1 aromatic rings. The van der Waals surface area contributed by atoms with Crippen LogP contribution in [-0.4, -0.2) is 19.0 Å². The minimum Gasteiger partial charge on any atom is -0.373 e. The number of halogens is 2. The smallest absolute Gasteiger partial charge is 0.191 e. The van der Waals surface area contributed by atoms with E-state index in [4.69, 9.17) is 4.74 Å². The quantitative estimate of drug-likeness (QED) is 0.572. The van der Waals surface area contributed by atoms with Gasteiger partial charge in [0.2, 0.25) is 0 Å². The molecule has 0 saturated carbocycles. The summed E-state index contributed by atoms with van der Waals surface area (Å²) >= 11 is 0. The molecule has 4 heteroatoms. The third-order valence-electron chi connectivity index (χ3n) is 2.13. The Morgan fingerprint density at radius 1 is 1.31 bits per heavy atom. The van der Waals surface area contributed by atoms with E-state index in [1.165, 1.54) is 13.0 Å². The maximum absolute atomic E-state index is 13.3. The summed E-state index contributed by atoms with van der Waals surface area (Å²) in [6.45, 7) is 3.68. The standard InChI is InChI=1S/C12H14F2O2/c1-3-4-16-7-12(15)9-5-8(2)10(13)6-11(9)14/h5-6H,3-4,7H2,1-2H3. The molecule has 0 aromatic heterocycles. The molecule has 0 saturated heterocycles. The summed E-state index contributed by atoms with van der Waals surface area (Å²) in [5, 5.41) is 0. The number of rotatable bonds is 5. The molecular formula is C12H14F2O2. The Bertz CT molecular complexity index is 389. The first-order valence-electron chi connectivity index (χ1n) is 5.12. The normalized spacial score (nSPS) is 10.5. The van der Waals surface area contributed by atoms with Gasteiger partial charge < -0.3 is 4.74 Å². The Morgan fingerprint density at radius 3 is 2.62 bits per heavy atom. The van der Waals surface area contributed by atoms with Crippen molar-refractivity contribution in [1.29, 1.82) is 0 Å². The van der Waals surface area contributed by atoms with Crippen LogP contribution in [0.4, 0.5) is 8.78 Å². The van der Waals surface area contributed by atoms with Crippen molar-refractivity contribution >= 4 is 5.78 Å². The Labute approximate surface area is 93.2 Å². The van der Waals surface area contributed by atoms with Gasteiger partial charge in [0.25, 0.3) is 0 Å². The van der Waals surface area contributed by atoms with Crippen molar-refractivity contribution in [2.45, 2.75) is 20.3 Å². The first-order valence-corrected chi connectivity index (χ1v) is 5.12. The van der Waals surface area contributed by atoms with E-state index < -0.39 is 17.4 Å². The van der Waals surface area contributed by atoms with E-state index in [1.807, 2.05) is 6.92 Å². The lowest BCUT2D eigenvalue weighted by atomic mass is 10.1. The molecular weight excluding hydrogens is 214 g/mol. The molecule has 0 amide bonds. The fourth-order valence-corrected chi connectivity index (χ4v) is 1.26. The van der Waals surface area contributed by atoms with Crippen LogP contribution in [0.3, 0.4) is 0 Å². The van der Waals surface area contributed by atoms with Gasteiger partial charge in [0.05, 0.1) is 5.56 Å². The first-order chi connectivity index (χ1) is 7.56. The van der Waals surface area contributed by atoms with Gasteiger partial charge in [-0.25, -0.2) is 8.78 Å². The van der Waals surface area contributed by atoms with Crippen LogP contribution in [0.5, 0.6) is 0 Å². The van der Waals surface area contributed by atoms with E-state index in [0.29, 0.717) is 6.61 Å². The summed E-state index contributed by atoms with van der Waals surface area (Å²) in [7, 11) is 0. The highest BCUT2D eigenvalue weighted by Crippen LogP contribution is 2.14. The van der Waals surface area contributed by atoms with Crippen LogP contribution in [0, 0.1) is 18.6 Å². The van der Waals surface area contributed by atoms with Crippen LogP contribution >= 0.6 is 0 Å². The second-order valence-corrected chi connectivity index (χ2v) is 3.56. The fraction of sp³-hybridized carbons (Fsp3) is 0.417.